The monoisotopic (exact) mass is 423 g/mol. The van der Waals surface area contributed by atoms with Crippen molar-refractivity contribution in [1.82, 2.24) is 9.88 Å². The van der Waals surface area contributed by atoms with Gasteiger partial charge in [0.2, 0.25) is 0 Å². The number of hydrogen-bond acceptors (Lipinski definition) is 4. The predicted octanol–water partition coefficient (Wildman–Crippen LogP) is 4.84. The molecular weight excluding hydrogens is 397 g/mol. The molecule has 1 saturated heterocycles. The molecule has 1 amide bonds. The van der Waals surface area contributed by atoms with Gasteiger partial charge in [-0.25, -0.2) is 9.18 Å². The molecule has 0 unspecified atom stereocenters. The summed E-state index contributed by atoms with van der Waals surface area (Å²) in [5, 5.41) is 3.81. The number of nitrogens with zero attached hydrogens (tertiary/aromatic N) is 1. The zero-order valence-corrected chi connectivity index (χ0v) is 17.3. The number of anilines is 1. The van der Waals surface area contributed by atoms with Crippen molar-refractivity contribution in [3.63, 3.8) is 0 Å². The lowest BCUT2D eigenvalue weighted by atomic mass is 9.89. The quantitative estimate of drug-likeness (QED) is 0.421. The predicted molar refractivity (Wildman–Crippen MR) is 118 cm³/mol. The summed E-state index contributed by atoms with van der Waals surface area (Å²) in [6, 6.07) is 13.4. The highest BCUT2D eigenvalue weighted by Gasteiger charge is 2.25. The van der Waals surface area contributed by atoms with Gasteiger partial charge in [0, 0.05) is 29.6 Å². The third-order valence-electron chi connectivity index (χ3n) is 5.76. The Morgan fingerprint density at radius 1 is 1.10 bits per heavy atom. The lowest BCUT2D eigenvalue weighted by Gasteiger charge is -2.31. The third kappa shape index (κ3) is 5.30. The van der Waals surface area contributed by atoms with Crippen LogP contribution in [0.2, 0.25) is 0 Å². The number of ether oxygens (including phenoxy) is 1. The molecule has 1 aliphatic heterocycles. The molecule has 1 fully saturated rings. The van der Waals surface area contributed by atoms with Crippen LogP contribution >= 0.6 is 0 Å². The maximum absolute atomic E-state index is 13.0. The Balaban J connectivity index is 1.15. The maximum atomic E-state index is 13.0. The van der Waals surface area contributed by atoms with Crippen molar-refractivity contribution in [3.05, 3.63) is 66.1 Å². The molecule has 0 bridgehead atoms. The number of likely N-dealkylation sites (tertiary alicyclic amines) is 1. The summed E-state index contributed by atoms with van der Waals surface area (Å²) in [5.41, 5.74) is 2.15. The number of fused-ring (bicyclic) bond motifs is 1. The molecule has 0 spiro atoms. The molecule has 0 aliphatic carbocycles. The number of H-pyrrole nitrogens is 1. The van der Waals surface area contributed by atoms with Crippen LogP contribution in [0.5, 0.6) is 0 Å². The van der Waals surface area contributed by atoms with Gasteiger partial charge in [-0.1, -0.05) is 12.1 Å². The molecule has 1 aliphatic rings. The van der Waals surface area contributed by atoms with Gasteiger partial charge in [-0.15, -0.1) is 0 Å². The SMILES string of the molecule is O=C(Nc1cccc2cc[nH]c12)OCCCN1CCC(C(=O)c2ccc(F)cc2)CC1. The van der Waals surface area contributed by atoms with Crippen LogP contribution < -0.4 is 5.32 Å². The number of aromatic nitrogens is 1. The van der Waals surface area contributed by atoms with Gasteiger partial charge in [0.25, 0.3) is 0 Å². The van der Waals surface area contributed by atoms with E-state index in [4.69, 9.17) is 4.74 Å². The zero-order chi connectivity index (χ0) is 21.6. The first-order valence-electron chi connectivity index (χ1n) is 10.6. The van der Waals surface area contributed by atoms with E-state index in [9.17, 15) is 14.0 Å². The molecule has 6 nitrogen and oxygen atoms in total. The number of amides is 1. The number of carbonyl (C=O) groups excluding carboxylic acids is 2. The van der Waals surface area contributed by atoms with Gasteiger partial charge >= 0.3 is 6.09 Å². The fourth-order valence-electron chi connectivity index (χ4n) is 4.06. The highest BCUT2D eigenvalue weighted by molar-refractivity contribution is 5.98. The average molecular weight is 423 g/mol. The number of piperidine rings is 1. The molecule has 3 aromatic rings. The van der Waals surface area contributed by atoms with Crippen LogP contribution in [-0.4, -0.2) is 48.0 Å². The van der Waals surface area contributed by atoms with Gasteiger partial charge in [0.1, 0.15) is 5.82 Å². The van der Waals surface area contributed by atoms with E-state index < -0.39 is 6.09 Å². The van der Waals surface area contributed by atoms with Gasteiger partial charge in [-0.2, -0.15) is 0 Å². The van der Waals surface area contributed by atoms with E-state index in [-0.39, 0.29) is 17.5 Å². The molecule has 1 aromatic heterocycles. The van der Waals surface area contributed by atoms with E-state index in [0.29, 0.717) is 17.9 Å². The minimum atomic E-state index is -0.467. The van der Waals surface area contributed by atoms with Crippen molar-refractivity contribution < 1.29 is 18.7 Å². The van der Waals surface area contributed by atoms with Crippen LogP contribution in [0.1, 0.15) is 29.6 Å². The number of rotatable bonds is 7. The molecule has 2 aromatic carbocycles. The summed E-state index contributed by atoms with van der Waals surface area (Å²) in [6.45, 7) is 2.81. The van der Waals surface area contributed by atoms with Crippen LogP contribution in [0.4, 0.5) is 14.9 Å². The Morgan fingerprint density at radius 2 is 1.87 bits per heavy atom. The van der Waals surface area contributed by atoms with Crippen molar-refractivity contribution >= 4 is 28.5 Å². The van der Waals surface area contributed by atoms with Gasteiger partial charge in [0.05, 0.1) is 17.8 Å². The number of ketones is 1. The lowest BCUT2D eigenvalue weighted by Crippen LogP contribution is -2.37. The van der Waals surface area contributed by atoms with E-state index in [1.165, 1.54) is 12.1 Å². The second-order valence-electron chi connectivity index (χ2n) is 7.85. The first kappa shape index (κ1) is 21.1. The van der Waals surface area contributed by atoms with Crippen LogP contribution in [0.15, 0.2) is 54.7 Å². The van der Waals surface area contributed by atoms with Crippen molar-refractivity contribution in [1.29, 1.82) is 0 Å². The summed E-state index contributed by atoms with van der Waals surface area (Å²) >= 11 is 0. The summed E-state index contributed by atoms with van der Waals surface area (Å²) in [7, 11) is 0. The average Bonchev–Trinajstić information content (AvgIpc) is 3.27. The minimum Gasteiger partial charge on any atom is -0.449 e. The number of nitrogens with one attached hydrogen (secondary N) is 2. The van der Waals surface area contributed by atoms with Crippen LogP contribution in [0.25, 0.3) is 10.9 Å². The summed E-state index contributed by atoms with van der Waals surface area (Å²) < 4.78 is 18.4. The first-order chi connectivity index (χ1) is 15.1. The highest BCUT2D eigenvalue weighted by Crippen LogP contribution is 2.23. The number of carbonyl (C=O) groups is 2. The van der Waals surface area contributed by atoms with Crippen molar-refractivity contribution in [2.24, 2.45) is 5.92 Å². The summed E-state index contributed by atoms with van der Waals surface area (Å²) in [4.78, 5) is 30.0. The number of hydrogen-bond donors (Lipinski definition) is 2. The molecule has 0 atom stereocenters. The van der Waals surface area contributed by atoms with E-state index in [1.54, 1.807) is 12.1 Å². The molecule has 2 N–H and O–H groups in total. The molecule has 4 rings (SSSR count). The third-order valence-corrected chi connectivity index (χ3v) is 5.76. The van der Waals surface area contributed by atoms with E-state index >= 15 is 0 Å². The summed E-state index contributed by atoms with van der Waals surface area (Å²) in [6.07, 6.45) is 3.68. The number of halogens is 1. The van der Waals surface area contributed by atoms with Gasteiger partial charge in [0.15, 0.2) is 5.78 Å². The maximum Gasteiger partial charge on any atom is 0.411 e. The molecule has 162 valence electrons. The van der Waals surface area contributed by atoms with Crippen LogP contribution in [0.3, 0.4) is 0 Å². The molecule has 0 saturated carbocycles. The smallest absolute Gasteiger partial charge is 0.411 e. The second-order valence-corrected chi connectivity index (χ2v) is 7.85. The largest absolute Gasteiger partial charge is 0.449 e. The second kappa shape index (κ2) is 9.75. The van der Waals surface area contributed by atoms with Crippen molar-refractivity contribution in [2.45, 2.75) is 19.3 Å². The van der Waals surface area contributed by atoms with Gasteiger partial charge < -0.3 is 14.6 Å². The van der Waals surface area contributed by atoms with Gasteiger partial charge in [-0.05, 0) is 68.8 Å². The van der Waals surface area contributed by atoms with Crippen LogP contribution in [-0.2, 0) is 4.74 Å². The lowest BCUT2D eigenvalue weighted by molar-refractivity contribution is 0.0830. The summed E-state index contributed by atoms with van der Waals surface area (Å²) in [5.74, 6) is -0.250. The Labute approximate surface area is 180 Å². The highest BCUT2D eigenvalue weighted by atomic mass is 19.1. The number of para-hydroxylation sites is 1. The number of aromatic amines is 1. The van der Waals surface area contributed by atoms with E-state index in [1.807, 2.05) is 30.5 Å². The fraction of sp³-hybridized carbons (Fsp3) is 0.333. The molecule has 2 heterocycles. The molecular formula is C24H26FN3O3. The number of benzene rings is 2. The topological polar surface area (TPSA) is 74.4 Å². The Hall–Kier alpha value is -3.19. The molecule has 0 radical (unpaired) electrons. The van der Waals surface area contributed by atoms with Crippen molar-refractivity contribution in [2.75, 3.05) is 31.6 Å². The first-order valence-corrected chi connectivity index (χ1v) is 10.6. The molecule has 7 heteroatoms. The fourth-order valence-corrected chi connectivity index (χ4v) is 4.06. The Bertz CT molecular complexity index is 1040. The zero-order valence-electron chi connectivity index (χ0n) is 17.3. The van der Waals surface area contributed by atoms with Crippen LogP contribution in [0, 0.1) is 11.7 Å². The standard InChI is InChI=1S/C24H26FN3O3/c25-20-7-5-18(6-8-20)23(29)19-10-14-28(15-11-19)13-2-16-31-24(30)27-21-4-1-3-17-9-12-26-22(17)21/h1,3-9,12,19,26H,2,10-11,13-16H2,(H,27,30). The Morgan fingerprint density at radius 3 is 2.65 bits per heavy atom. The number of Topliss-reactive ketones (excluding diaryl/α,β-unsaturated/α-hetero) is 1. The Kier molecular flexibility index (Phi) is 6.62. The van der Waals surface area contributed by atoms with Crippen molar-refractivity contribution in [3.8, 4) is 0 Å². The van der Waals surface area contributed by atoms with Gasteiger partial charge in [-0.3, -0.25) is 10.1 Å². The van der Waals surface area contributed by atoms with E-state index in [0.717, 1.165) is 49.8 Å². The molecule has 31 heavy (non-hydrogen) atoms. The van der Waals surface area contributed by atoms with E-state index in [2.05, 4.69) is 15.2 Å². The normalized spacial score (nSPS) is 15.1. The minimum absolute atomic E-state index is 0.0144.